The number of carbonyl (C=O) groups is 1. The number of amides is 1. The first kappa shape index (κ1) is 18.4. The number of hydrogen-bond donors (Lipinski definition) is 1. The van der Waals surface area contributed by atoms with Crippen LogP contribution in [0.1, 0.15) is 48.6 Å². The first-order valence-electron chi connectivity index (χ1n) is 9.50. The van der Waals surface area contributed by atoms with Gasteiger partial charge in [0.15, 0.2) is 0 Å². The van der Waals surface area contributed by atoms with Crippen molar-refractivity contribution in [2.45, 2.75) is 45.4 Å². The maximum atomic E-state index is 12.5. The van der Waals surface area contributed by atoms with Crippen LogP contribution in [0.3, 0.4) is 0 Å². The van der Waals surface area contributed by atoms with E-state index in [2.05, 4.69) is 28.1 Å². The molecule has 5 nitrogen and oxygen atoms in total. The lowest BCUT2D eigenvalue weighted by Gasteiger charge is -2.33. The number of hydrogen-bond acceptors (Lipinski definition) is 5. The Labute approximate surface area is 154 Å². The molecule has 0 radical (unpaired) electrons. The van der Waals surface area contributed by atoms with Gasteiger partial charge in [-0.1, -0.05) is 19.8 Å². The van der Waals surface area contributed by atoms with Gasteiger partial charge in [0.25, 0.3) is 0 Å². The van der Waals surface area contributed by atoms with E-state index in [9.17, 15) is 10.1 Å². The van der Waals surface area contributed by atoms with E-state index in [4.69, 9.17) is 0 Å². The third-order valence-electron chi connectivity index (χ3n) is 5.32. The second kappa shape index (κ2) is 8.79. The van der Waals surface area contributed by atoms with Crippen LogP contribution in [0, 0.1) is 11.3 Å². The van der Waals surface area contributed by atoms with Crippen LogP contribution in [0.15, 0.2) is 0 Å². The number of thiophene rings is 1. The van der Waals surface area contributed by atoms with Crippen LogP contribution in [0.25, 0.3) is 0 Å². The molecule has 2 heterocycles. The lowest BCUT2D eigenvalue weighted by atomic mass is 9.97. The van der Waals surface area contributed by atoms with Gasteiger partial charge in [0.2, 0.25) is 5.91 Å². The highest BCUT2D eigenvalue weighted by atomic mass is 32.1. The zero-order chi connectivity index (χ0) is 17.6. The summed E-state index contributed by atoms with van der Waals surface area (Å²) in [5.41, 5.74) is 1.91. The smallest absolute Gasteiger partial charge is 0.239 e. The highest BCUT2D eigenvalue weighted by molar-refractivity contribution is 7.16. The fourth-order valence-corrected chi connectivity index (χ4v) is 5.01. The van der Waals surface area contributed by atoms with Crippen molar-refractivity contribution in [3.8, 4) is 6.07 Å². The fourth-order valence-electron chi connectivity index (χ4n) is 3.76. The molecule has 136 valence electrons. The van der Waals surface area contributed by atoms with Crippen molar-refractivity contribution in [2.75, 3.05) is 44.6 Å². The molecule has 1 aliphatic carbocycles. The van der Waals surface area contributed by atoms with Gasteiger partial charge in [0, 0.05) is 31.1 Å². The average Bonchev–Trinajstić information content (AvgIpc) is 2.91. The summed E-state index contributed by atoms with van der Waals surface area (Å²) in [6, 6.07) is 2.35. The molecule has 2 aliphatic rings. The Morgan fingerprint density at radius 1 is 1.12 bits per heavy atom. The van der Waals surface area contributed by atoms with Crippen molar-refractivity contribution in [2.24, 2.45) is 0 Å². The van der Waals surface area contributed by atoms with Crippen molar-refractivity contribution in [3.05, 3.63) is 16.0 Å². The number of fused-ring (bicyclic) bond motifs is 1. The van der Waals surface area contributed by atoms with Gasteiger partial charge in [0.05, 0.1) is 12.1 Å². The van der Waals surface area contributed by atoms with Crippen molar-refractivity contribution >= 4 is 22.2 Å². The first-order valence-corrected chi connectivity index (χ1v) is 10.3. The highest BCUT2D eigenvalue weighted by Crippen LogP contribution is 2.36. The third-order valence-corrected chi connectivity index (χ3v) is 6.52. The molecule has 0 aromatic carbocycles. The molecule has 1 saturated heterocycles. The van der Waals surface area contributed by atoms with Crippen LogP contribution in [-0.4, -0.2) is 55.0 Å². The number of nitriles is 1. The monoisotopic (exact) mass is 360 g/mol. The molecule has 0 bridgehead atoms. The van der Waals surface area contributed by atoms with E-state index in [0.29, 0.717) is 12.1 Å². The summed E-state index contributed by atoms with van der Waals surface area (Å²) in [6.45, 7) is 7.60. The summed E-state index contributed by atoms with van der Waals surface area (Å²) in [5.74, 6) is 0.00988. The van der Waals surface area contributed by atoms with E-state index in [-0.39, 0.29) is 5.91 Å². The van der Waals surface area contributed by atoms with Crippen LogP contribution < -0.4 is 5.32 Å². The Kier molecular flexibility index (Phi) is 6.46. The minimum atomic E-state index is 0.00988. The standard InChI is InChI=1S/C19H28N4OS/c1-2-22-9-11-23(12-10-22)14-18(24)21-19-16(13-20)15-7-5-3-4-6-8-17(15)25-19/h2-12,14H2,1H3,(H,21,24). The maximum Gasteiger partial charge on any atom is 0.239 e. The summed E-state index contributed by atoms with van der Waals surface area (Å²) in [4.78, 5) is 18.4. The number of anilines is 1. The zero-order valence-electron chi connectivity index (χ0n) is 15.1. The molecule has 1 fully saturated rings. The number of aryl methyl sites for hydroxylation is 1. The van der Waals surface area contributed by atoms with Crippen molar-refractivity contribution in [1.29, 1.82) is 5.26 Å². The normalized spacial score (nSPS) is 19.5. The summed E-state index contributed by atoms with van der Waals surface area (Å²) in [6.07, 6.45) is 6.87. The lowest BCUT2D eigenvalue weighted by molar-refractivity contribution is -0.117. The predicted molar refractivity (Wildman–Crippen MR) is 102 cm³/mol. The molecular formula is C19H28N4OS. The second-order valence-electron chi connectivity index (χ2n) is 6.99. The molecule has 1 N–H and O–H groups in total. The number of rotatable bonds is 4. The van der Waals surface area contributed by atoms with E-state index in [1.54, 1.807) is 11.3 Å². The van der Waals surface area contributed by atoms with Crippen LogP contribution in [0.2, 0.25) is 0 Å². The molecule has 0 saturated carbocycles. The molecule has 0 spiro atoms. The van der Waals surface area contributed by atoms with Crippen molar-refractivity contribution in [3.63, 3.8) is 0 Å². The molecule has 6 heteroatoms. The lowest BCUT2D eigenvalue weighted by Crippen LogP contribution is -2.48. The van der Waals surface area contributed by atoms with Gasteiger partial charge in [-0.25, -0.2) is 0 Å². The molecule has 1 aromatic heterocycles. The molecule has 0 unspecified atom stereocenters. The molecule has 1 aliphatic heterocycles. The first-order chi connectivity index (χ1) is 12.2. The van der Waals surface area contributed by atoms with Crippen LogP contribution >= 0.6 is 11.3 Å². The predicted octanol–water partition coefficient (Wildman–Crippen LogP) is 2.85. The quantitative estimate of drug-likeness (QED) is 0.897. The van der Waals surface area contributed by atoms with Crippen LogP contribution in [0.5, 0.6) is 0 Å². The van der Waals surface area contributed by atoms with E-state index >= 15 is 0 Å². The van der Waals surface area contributed by atoms with Gasteiger partial charge in [-0.3, -0.25) is 9.69 Å². The van der Waals surface area contributed by atoms with Gasteiger partial charge in [-0.05, 0) is 37.8 Å². The molecule has 0 atom stereocenters. The van der Waals surface area contributed by atoms with Gasteiger partial charge < -0.3 is 10.2 Å². The van der Waals surface area contributed by atoms with Gasteiger partial charge in [-0.2, -0.15) is 5.26 Å². The Morgan fingerprint density at radius 3 is 2.48 bits per heavy atom. The topological polar surface area (TPSA) is 59.4 Å². The SMILES string of the molecule is CCN1CCN(CC(=O)Nc2sc3c(c2C#N)CCCCCC3)CC1. The van der Waals surface area contributed by atoms with E-state index < -0.39 is 0 Å². The van der Waals surface area contributed by atoms with Crippen molar-refractivity contribution in [1.82, 2.24) is 9.80 Å². The Balaban J connectivity index is 1.63. The van der Waals surface area contributed by atoms with Gasteiger partial charge in [-0.15, -0.1) is 11.3 Å². The van der Waals surface area contributed by atoms with Crippen LogP contribution in [-0.2, 0) is 17.6 Å². The molecular weight excluding hydrogens is 332 g/mol. The average molecular weight is 361 g/mol. The molecule has 1 aromatic rings. The Morgan fingerprint density at radius 2 is 1.80 bits per heavy atom. The number of likely N-dealkylation sites (N-methyl/N-ethyl adjacent to an activating group) is 1. The number of piperazine rings is 1. The largest absolute Gasteiger partial charge is 0.315 e. The Bertz CT molecular complexity index is 641. The fraction of sp³-hybridized carbons (Fsp3) is 0.684. The highest BCUT2D eigenvalue weighted by Gasteiger charge is 2.22. The van der Waals surface area contributed by atoms with E-state index in [1.807, 2.05) is 0 Å². The van der Waals surface area contributed by atoms with Gasteiger partial charge in [0.1, 0.15) is 11.1 Å². The van der Waals surface area contributed by atoms with E-state index in [0.717, 1.165) is 57.0 Å². The minimum absolute atomic E-state index is 0.00988. The van der Waals surface area contributed by atoms with E-state index in [1.165, 1.54) is 29.7 Å². The minimum Gasteiger partial charge on any atom is -0.315 e. The molecule has 25 heavy (non-hydrogen) atoms. The maximum absolute atomic E-state index is 12.5. The molecule has 3 rings (SSSR count). The van der Waals surface area contributed by atoms with Gasteiger partial charge >= 0.3 is 0 Å². The second-order valence-corrected chi connectivity index (χ2v) is 8.10. The number of nitrogens with zero attached hydrogens (tertiary/aromatic N) is 3. The third kappa shape index (κ3) is 4.60. The summed E-state index contributed by atoms with van der Waals surface area (Å²) < 4.78 is 0. The zero-order valence-corrected chi connectivity index (χ0v) is 16.0. The van der Waals surface area contributed by atoms with Crippen molar-refractivity contribution < 1.29 is 4.79 Å². The number of carbonyl (C=O) groups excluding carboxylic acids is 1. The summed E-state index contributed by atoms with van der Waals surface area (Å²) in [5, 5.41) is 13.4. The summed E-state index contributed by atoms with van der Waals surface area (Å²) >= 11 is 1.62. The van der Waals surface area contributed by atoms with Crippen LogP contribution in [0.4, 0.5) is 5.00 Å². The summed E-state index contributed by atoms with van der Waals surface area (Å²) in [7, 11) is 0. The Hall–Kier alpha value is -1.42. The molecule has 1 amide bonds. The number of nitrogens with one attached hydrogen (secondary N) is 1.